The van der Waals surface area contributed by atoms with E-state index in [9.17, 15) is 0 Å². The zero-order chi connectivity index (χ0) is 15.2. The SMILES string of the molecule is ClC(Cl)(Cl)C(Cl)(Cl)C(Cl)(Cl)c1ccc2ccc[c]c2c1. The molecule has 2 rings (SSSR count). The highest BCUT2D eigenvalue weighted by molar-refractivity contribution is 6.78. The molecule has 7 heteroatoms. The lowest BCUT2D eigenvalue weighted by atomic mass is 10.0. The number of benzene rings is 2. The Kier molecular flexibility index (Phi) is 4.90. The van der Waals surface area contributed by atoms with Gasteiger partial charge in [0, 0.05) is 0 Å². The van der Waals surface area contributed by atoms with Crippen molar-refractivity contribution in [3.63, 3.8) is 0 Å². The van der Waals surface area contributed by atoms with E-state index in [-0.39, 0.29) is 0 Å². The predicted molar refractivity (Wildman–Crippen MR) is 90.9 cm³/mol. The third-order valence-corrected chi connectivity index (χ3v) is 6.73. The summed E-state index contributed by atoms with van der Waals surface area (Å²) in [5, 5.41) is 1.76. The average molecular weight is 410 g/mol. The van der Waals surface area contributed by atoms with Crippen molar-refractivity contribution in [1.29, 1.82) is 0 Å². The van der Waals surface area contributed by atoms with Crippen molar-refractivity contribution >= 4 is 92.0 Å². The molecule has 2 aromatic rings. The minimum Gasteiger partial charge on any atom is -0.0930 e. The van der Waals surface area contributed by atoms with Gasteiger partial charge in [-0.1, -0.05) is 112 Å². The Balaban J connectivity index is 2.57. The van der Waals surface area contributed by atoms with Crippen LogP contribution in [0.25, 0.3) is 10.8 Å². The van der Waals surface area contributed by atoms with Gasteiger partial charge < -0.3 is 0 Å². The summed E-state index contributed by atoms with van der Waals surface area (Å²) in [7, 11) is 0. The van der Waals surface area contributed by atoms with Crippen molar-refractivity contribution < 1.29 is 0 Å². The van der Waals surface area contributed by atoms with Gasteiger partial charge in [-0.25, -0.2) is 0 Å². The lowest BCUT2D eigenvalue weighted by molar-refractivity contribution is 0.699. The van der Waals surface area contributed by atoms with Crippen molar-refractivity contribution in [3.05, 3.63) is 48.0 Å². The van der Waals surface area contributed by atoms with Crippen molar-refractivity contribution in [2.45, 2.75) is 12.5 Å². The van der Waals surface area contributed by atoms with Crippen molar-refractivity contribution in [3.8, 4) is 0 Å². The lowest BCUT2D eigenvalue weighted by Gasteiger charge is -2.37. The number of halogens is 7. The van der Waals surface area contributed by atoms with Crippen molar-refractivity contribution in [2.24, 2.45) is 0 Å². The molecule has 0 nitrogen and oxygen atoms in total. The molecule has 0 saturated carbocycles. The van der Waals surface area contributed by atoms with Gasteiger partial charge in [0.05, 0.1) is 0 Å². The summed E-state index contributed by atoms with van der Waals surface area (Å²) < 4.78 is -5.94. The van der Waals surface area contributed by atoms with Crippen LogP contribution in [0, 0.1) is 6.07 Å². The first-order valence-electron chi connectivity index (χ1n) is 5.30. The third kappa shape index (κ3) is 2.94. The molecule has 0 spiro atoms. The molecule has 0 aliphatic heterocycles. The van der Waals surface area contributed by atoms with Crippen LogP contribution < -0.4 is 0 Å². The van der Waals surface area contributed by atoms with E-state index in [0.29, 0.717) is 5.56 Å². The zero-order valence-electron chi connectivity index (χ0n) is 9.61. The lowest BCUT2D eigenvalue weighted by Crippen LogP contribution is -2.45. The molecule has 0 amide bonds. The van der Waals surface area contributed by atoms with E-state index in [4.69, 9.17) is 81.2 Å². The number of alkyl halides is 7. The second-order valence-electron chi connectivity index (χ2n) is 4.12. The molecule has 0 bridgehead atoms. The molecule has 107 valence electrons. The van der Waals surface area contributed by atoms with Gasteiger partial charge in [-0.2, -0.15) is 0 Å². The summed E-state index contributed by atoms with van der Waals surface area (Å²) >= 11 is 42.0. The molecular formula is C13H6Cl7. The molecular weight excluding hydrogens is 404 g/mol. The Morgan fingerprint density at radius 3 is 2.10 bits per heavy atom. The summed E-state index contributed by atoms with van der Waals surface area (Å²) in [5.74, 6) is 0. The van der Waals surface area contributed by atoms with Crippen molar-refractivity contribution in [2.75, 3.05) is 0 Å². The van der Waals surface area contributed by atoms with Gasteiger partial charge in [0.1, 0.15) is 0 Å². The zero-order valence-corrected chi connectivity index (χ0v) is 14.9. The van der Waals surface area contributed by atoms with Crippen LogP contribution in [0.3, 0.4) is 0 Å². The van der Waals surface area contributed by atoms with Crippen LogP contribution in [0.15, 0.2) is 36.4 Å². The van der Waals surface area contributed by atoms with E-state index in [1.54, 1.807) is 18.2 Å². The number of rotatable bonds is 2. The Labute approximate surface area is 151 Å². The van der Waals surface area contributed by atoms with Gasteiger partial charge >= 0.3 is 0 Å². The molecule has 0 saturated heterocycles. The highest BCUT2D eigenvalue weighted by Crippen LogP contribution is 2.60. The number of hydrogen-bond acceptors (Lipinski definition) is 0. The topological polar surface area (TPSA) is 0 Å². The third-order valence-electron chi connectivity index (χ3n) is 2.78. The second-order valence-corrected chi connectivity index (χ2v) is 9.05. The summed E-state index contributed by atoms with van der Waals surface area (Å²) in [6.45, 7) is 0. The number of fused-ring (bicyclic) bond motifs is 1. The molecule has 2 aromatic carbocycles. The molecule has 20 heavy (non-hydrogen) atoms. The van der Waals surface area contributed by atoms with Gasteiger partial charge in [0.2, 0.25) is 8.13 Å². The molecule has 0 N–H and O–H groups in total. The van der Waals surface area contributed by atoms with Crippen LogP contribution in [0.2, 0.25) is 0 Å². The van der Waals surface area contributed by atoms with Crippen LogP contribution >= 0.6 is 81.2 Å². The van der Waals surface area contributed by atoms with Crippen LogP contribution in [0.1, 0.15) is 5.56 Å². The van der Waals surface area contributed by atoms with E-state index in [1.165, 1.54) is 0 Å². The maximum Gasteiger partial charge on any atom is 0.226 e. The molecule has 0 heterocycles. The maximum absolute atomic E-state index is 6.27. The first-order chi connectivity index (χ1) is 9.07. The van der Waals surface area contributed by atoms with Crippen molar-refractivity contribution in [1.82, 2.24) is 0 Å². The largest absolute Gasteiger partial charge is 0.226 e. The van der Waals surface area contributed by atoms with Crippen LogP contribution in [0.4, 0.5) is 0 Å². The van der Waals surface area contributed by atoms with E-state index >= 15 is 0 Å². The average Bonchev–Trinajstić information content (AvgIpc) is 2.36. The molecule has 0 aliphatic rings. The normalized spacial score (nSPS) is 13.8. The fourth-order valence-electron chi connectivity index (χ4n) is 1.67. The molecule has 0 fully saturated rings. The molecule has 0 aromatic heterocycles. The fourth-order valence-corrected chi connectivity index (χ4v) is 3.12. The monoisotopic (exact) mass is 407 g/mol. The molecule has 0 atom stereocenters. The van der Waals surface area contributed by atoms with E-state index in [2.05, 4.69) is 6.07 Å². The number of hydrogen-bond donors (Lipinski definition) is 0. The Morgan fingerprint density at radius 2 is 1.50 bits per heavy atom. The van der Waals surface area contributed by atoms with Gasteiger partial charge in [-0.15, -0.1) is 0 Å². The first-order valence-corrected chi connectivity index (χ1v) is 7.95. The minimum atomic E-state index is -2.07. The van der Waals surface area contributed by atoms with Gasteiger partial charge in [0.15, 0.2) is 4.33 Å². The van der Waals surface area contributed by atoms with Crippen LogP contribution in [-0.2, 0) is 4.33 Å². The van der Waals surface area contributed by atoms with E-state index in [0.717, 1.165) is 10.8 Å². The van der Waals surface area contributed by atoms with Gasteiger partial charge in [0.25, 0.3) is 0 Å². The maximum atomic E-state index is 6.27. The summed E-state index contributed by atoms with van der Waals surface area (Å²) in [6, 6.07) is 13.8. The first kappa shape index (κ1) is 17.1. The quantitative estimate of drug-likeness (QED) is 0.477. The highest BCUT2D eigenvalue weighted by Gasteiger charge is 2.60. The Bertz CT molecular complexity index is 628. The smallest absolute Gasteiger partial charge is 0.0930 e. The van der Waals surface area contributed by atoms with Gasteiger partial charge in [-0.3, -0.25) is 0 Å². The standard InChI is InChI=1S/C13H6Cl7/c14-11(15,12(16,17)13(18,19)20)10-6-5-8-3-1-2-4-9(8)7-10/h1-3,5-7H. The van der Waals surface area contributed by atoms with Crippen LogP contribution in [0.5, 0.6) is 0 Å². The Hall–Kier alpha value is 0.730. The van der Waals surface area contributed by atoms with E-state index < -0.39 is 12.5 Å². The minimum absolute atomic E-state index is 0.409. The predicted octanol–water partition coefficient (Wildman–Crippen LogP) is 6.81. The molecule has 0 aliphatic carbocycles. The summed E-state index contributed by atoms with van der Waals surface area (Å²) in [6.07, 6.45) is 0. The summed E-state index contributed by atoms with van der Waals surface area (Å²) in [5.41, 5.74) is 0.409. The highest BCUT2D eigenvalue weighted by atomic mass is 35.6. The van der Waals surface area contributed by atoms with Gasteiger partial charge in [-0.05, 0) is 28.5 Å². The van der Waals surface area contributed by atoms with E-state index in [1.807, 2.05) is 18.2 Å². The second kappa shape index (κ2) is 5.74. The Morgan fingerprint density at radius 1 is 0.850 bits per heavy atom. The molecule has 1 radical (unpaired) electrons. The van der Waals surface area contributed by atoms with Crippen LogP contribution in [-0.4, -0.2) is 8.13 Å². The summed E-state index contributed by atoms with van der Waals surface area (Å²) in [4.78, 5) is 0. The molecule has 0 unspecified atom stereocenters. The fraction of sp³-hybridized carbons (Fsp3) is 0.231.